The maximum Gasteiger partial charge on any atom is 0.338 e. The highest BCUT2D eigenvalue weighted by atomic mass is 32.2. The van der Waals surface area contributed by atoms with Crippen LogP contribution >= 0.6 is 11.8 Å². The van der Waals surface area contributed by atoms with Gasteiger partial charge in [-0.2, -0.15) is 0 Å². The number of hydrogen-bond acceptors (Lipinski definition) is 20. The second kappa shape index (κ2) is 42.2. The molecule has 0 bridgehead atoms. The number of esters is 3. The van der Waals surface area contributed by atoms with Gasteiger partial charge in [-0.1, -0.05) is 291 Å². The predicted octanol–water partition coefficient (Wildman–Crippen LogP) is 14.7. The molecular formula is C91H92O19S. The van der Waals surface area contributed by atoms with Crippen molar-refractivity contribution in [2.75, 3.05) is 19.8 Å². The lowest BCUT2D eigenvalue weighted by molar-refractivity contribution is -0.358. The first-order chi connectivity index (χ1) is 54.7. The highest BCUT2D eigenvalue weighted by molar-refractivity contribution is 7.99. The van der Waals surface area contributed by atoms with Gasteiger partial charge in [0.15, 0.2) is 30.9 Å². The van der Waals surface area contributed by atoms with Gasteiger partial charge in [0.05, 0.1) is 91.1 Å². The van der Waals surface area contributed by atoms with Gasteiger partial charge >= 0.3 is 17.9 Å². The first-order valence-corrected chi connectivity index (χ1v) is 38.4. The quantitative estimate of drug-likeness (QED) is 0.0282. The Hall–Kier alpha value is -9.56. The molecule has 0 aromatic heterocycles. The summed E-state index contributed by atoms with van der Waals surface area (Å²) in [6.45, 7) is 0.769. The third kappa shape index (κ3) is 23.7. The fraction of sp³-hybridized carbons (Fsp3) is 0.308. The van der Waals surface area contributed by atoms with Gasteiger partial charge in [0.2, 0.25) is 0 Å². The molecule has 10 aromatic carbocycles. The van der Waals surface area contributed by atoms with E-state index in [1.165, 1.54) is 11.8 Å². The molecule has 0 radical (unpaired) electrons. The Kier molecular flexibility index (Phi) is 30.2. The maximum absolute atomic E-state index is 15.3. The minimum absolute atomic E-state index is 0.00251. The summed E-state index contributed by atoms with van der Waals surface area (Å²) in [7, 11) is 0. The number of ether oxygens (including phenoxy) is 15. The molecule has 20 heteroatoms. The highest BCUT2D eigenvalue weighted by Gasteiger charge is 2.56. The second-order valence-electron chi connectivity index (χ2n) is 27.1. The molecular weight excluding hydrogens is 1430 g/mol. The molecule has 3 heterocycles. The summed E-state index contributed by atoms with van der Waals surface area (Å²) in [5.41, 5.74) is 6.10. The lowest BCUT2D eigenvalue weighted by atomic mass is 9.96. The first-order valence-electron chi connectivity index (χ1n) is 37.5. The van der Waals surface area contributed by atoms with E-state index in [1.54, 1.807) is 30.3 Å². The van der Waals surface area contributed by atoms with E-state index in [-0.39, 0.29) is 78.2 Å². The molecule has 111 heavy (non-hydrogen) atoms. The van der Waals surface area contributed by atoms with Crippen LogP contribution in [-0.2, 0) is 133 Å². The Balaban J connectivity index is 0.843. The van der Waals surface area contributed by atoms with E-state index < -0.39 is 122 Å². The standard InChI is InChI=1S/C91H92O19S/c92-77(107-82-79(94)74(61-96-53-64-31-11-1-12-32-64)104-89(103-60-71-45-25-8-26-46-71)86(82)109-88(95)72-47-27-9-28-48-72)51-52-78(93)108-87-84(101-58-69-41-21-6-22-42-69)81(76(63-98-55-66-35-15-3-16-36-66)106-91(87)111-73-49-29-10-30-50-73)110-90-85(102-59-70-43-23-7-24-44-70)83(100-57-68-39-19-5-20-40-68)80(99-56-67-37-17-4-18-38-67)75(105-90)62-97-54-65-33-13-2-14-34-65/h1-50,74-76,79-87,89-91,94H,51-63H2/t74-,75-,76-,79-,80-,81-,82+,83+,84+,85-,86-,87-,89+,90-,91+/m1/s1. The summed E-state index contributed by atoms with van der Waals surface area (Å²) in [6.07, 6.45) is -18.3. The van der Waals surface area contributed by atoms with Crippen LogP contribution < -0.4 is 0 Å². The van der Waals surface area contributed by atoms with Gasteiger partial charge in [0.25, 0.3) is 0 Å². The molecule has 0 unspecified atom stereocenters. The molecule has 19 nitrogen and oxygen atoms in total. The molecule has 3 aliphatic rings. The largest absolute Gasteiger partial charge is 0.456 e. The molecule has 15 atom stereocenters. The van der Waals surface area contributed by atoms with Crippen molar-refractivity contribution in [3.8, 4) is 0 Å². The molecule has 3 saturated heterocycles. The number of aliphatic hydroxyl groups excluding tert-OH is 1. The number of benzene rings is 10. The summed E-state index contributed by atoms with van der Waals surface area (Å²) in [5.74, 6) is -2.59. The number of carbonyl (C=O) groups is 3. The lowest BCUT2D eigenvalue weighted by Crippen LogP contribution is -2.66. The molecule has 0 aliphatic carbocycles. The minimum atomic E-state index is -1.65. The number of aliphatic hydroxyl groups is 1. The molecule has 0 saturated carbocycles. The van der Waals surface area contributed by atoms with Gasteiger partial charge in [0.1, 0.15) is 60.4 Å². The fourth-order valence-corrected chi connectivity index (χ4v) is 14.4. The van der Waals surface area contributed by atoms with Crippen LogP contribution in [-0.4, -0.2) is 134 Å². The van der Waals surface area contributed by atoms with E-state index in [1.807, 2.05) is 273 Å². The Morgan fingerprint density at radius 2 is 0.622 bits per heavy atom. The topological polar surface area (TPSA) is 210 Å². The Morgan fingerprint density at radius 1 is 0.297 bits per heavy atom. The van der Waals surface area contributed by atoms with E-state index in [9.17, 15) is 14.7 Å². The van der Waals surface area contributed by atoms with Gasteiger partial charge in [-0.15, -0.1) is 0 Å². The molecule has 3 aliphatic heterocycles. The Morgan fingerprint density at radius 3 is 1.05 bits per heavy atom. The van der Waals surface area contributed by atoms with Crippen LogP contribution in [0.1, 0.15) is 67.7 Å². The van der Waals surface area contributed by atoms with Crippen LogP contribution in [0.2, 0.25) is 0 Å². The smallest absolute Gasteiger partial charge is 0.338 e. The highest BCUT2D eigenvalue weighted by Crippen LogP contribution is 2.41. The number of carbonyl (C=O) groups excluding carboxylic acids is 3. The van der Waals surface area contributed by atoms with E-state index in [2.05, 4.69) is 0 Å². The normalized spacial score (nSPS) is 23.7. The molecule has 13 rings (SSSR count). The van der Waals surface area contributed by atoms with E-state index in [4.69, 9.17) is 71.1 Å². The fourth-order valence-electron chi connectivity index (χ4n) is 13.3. The van der Waals surface area contributed by atoms with Gasteiger partial charge < -0.3 is 76.2 Å². The molecule has 0 amide bonds. The number of hydrogen-bond donors (Lipinski definition) is 1. The molecule has 3 fully saturated rings. The lowest BCUT2D eigenvalue weighted by Gasteiger charge is -2.50. The summed E-state index contributed by atoms with van der Waals surface area (Å²) in [4.78, 5) is 45.0. The van der Waals surface area contributed by atoms with Crippen LogP contribution in [0.15, 0.2) is 308 Å². The number of thioether (sulfide) groups is 1. The summed E-state index contributed by atoms with van der Waals surface area (Å²) < 4.78 is 103. The zero-order valence-electron chi connectivity index (χ0n) is 61.4. The monoisotopic (exact) mass is 1520 g/mol. The zero-order valence-corrected chi connectivity index (χ0v) is 62.2. The van der Waals surface area contributed by atoms with Crippen molar-refractivity contribution in [1.82, 2.24) is 0 Å². The Labute approximate surface area is 651 Å². The van der Waals surface area contributed by atoms with Crippen LogP contribution in [0.5, 0.6) is 0 Å². The molecule has 1 N–H and O–H groups in total. The molecule has 10 aromatic rings. The van der Waals surface area contributed by atoms with Crippen molar-refractivity contribution in [2.24, 2.45) is 0 Å². The van der Waals surface area contributed by atoms with Gasteiger partial charge in [0, 0.05) is 4.90 Å². The summed E-state index contributed by atoms with van der Waals surface area (Å²) in [5, 5.41) is 12.4. The average molecular weight is 1520 g/mol. The second-order valence-corrected chi connectivity index (χ2v) is 28.3. The maximum atomic E-state index is 15.3. The zero-order chi connectivity index (χ0) is 76.0. The van der Waals surface area contributed by atoms with E-state index >= 15 is 4.79 Å². The SMILES string of the molecule is O=C(CCC(=O)O[C@H]1[C@H](O)[C@@H](COCc2ccccc2)O[C@H](OCc2ccccc2)[C@@H]1OC(=O)c1ccccc1)O[C@@H]1[C@@H](OCc2ccccc2)[C@H](O[C@H]2O[C@H](COCc3ccccc3)[C@@H](OCc3ccccc3)[C@H](OCc3ccccc3)[C@H]2OCc2ccccc2)[C@@H](COCc2ccccc2)O[C@H]1Sc1ccccc1. The van der Waals surface area contributed by atoms with Crippen molar-refractivity contribution in [3.05, 3.63) is 353 Å². The summed E-state index contributed by atoms with van der Waals surface area (Å²) in [6, 6.07) is 95.2. The van der Waals surface area contributed by atoms with Crippen molar-refractivity contribution in [3.63, 3.8) is 0 Å². The molecule has 576 valence electrons. The Bertz CT molecular complexity index is 4330. The van der Waals surface area contributed by atoms with Gasteiger partial charge in [-0.25, -0.2) is 4.79 Å². The van der Waals surface area contributed by atoms with Crippen molar-refractivity contribution < 1.29 is 90.5 Å². The van der Waals surface area contributed by atoms with Crippen LogP contribution in [0.3, 0.4) is 0 Å². The van der Waals surface area contributed by atoms with Crippen LogP contribution in [0.4, 0.5) is 0 Å². The molecule has 0 spiro atoms. The predicted molar refractivity (Wildman–Crippen MR) is 413 cm³/mol. The van der Waals surface area contributed by atoms with Gasteiger partial charge in [-0.05, 0) is 68.8 Å². The van der Waals surface area contributed by atoms with Crippen LogP contribution in [0.25, 0.3) is 0 Å². The van der Waals surface area contributed by atoms with Crippen molar-refractivity contribution in [1.29, 1.82) is 0 Å². The average Bonchev–Trinajstić information content (AvgIpc) is 0.770. The van der Waals surface area contributed by atoms with E-state index in [0.29, 0.717) is 0 Å². The van der Waals surface area contributed by atoms with Crippen molar-refractivity contribution in [2.45, 2.75) is 162 Å². The van der Waals surface area contributed by atoms with Crippen LogP contribution in [0, 0.1) is 0 Å². The van der Waals surface area contributed by atoms with E-state index in [0.717, 1.165) is 49.4 Å². The minimum Gasteiger partial charge on any atom is -0.456 e. The first kappa shape index (κ1) is 79.5. The van der Waals surface area contributed by atoms with Gasteiger partial charge in [-0.3, -0.25) is 9.59 Å². The third-order valence-corrected chi connectivity index (χ3v) is 20.1. The van der Waals surface area contributed by atoms with Crippen molar-refractivity contribution >= 4 is 29.7 Å². The third-order valence-electron chi connectivity index (χ3n) is 19.0. The summed E-state index contributed by atoms with van der Waals surface area (Å²) >= 11 is 1.31. The number of rotatable bonds is 38.